The molecular weight excluding hydrogens is 379 g/mol. The van der Waals surface area contributed by atoms with Gasteiger partial charge >= 0.3 is 6.09 Å². The standard InChI is InChI=1S/C20H21FN4O4/c1-12(26)23-10-16-11-25(20(27)29-16)15-7-8-17(18(21)9-15)13-3-5-14(6-4-13)19(22)24(2)28/h3-9,16,22,28H,10-11H2,1-2H3,(H,23,26). The van der Waals surface area contributed by atoms with Crippen LogP contribution < -0.4 is 10.2 Å². The van der Waals surface area contributed by atoms with Crippen LogP contribution in [0.3, 0.4) is 0 Å². The van der Waals surface area contributed by atoms with Crippen LogP contribution in [0.5, 0.6) is 0 Å². The van der Waals surface area contributed by atoms with E-state index >= 15 is 0 Å². The Hall–Kier alpha value is -3.46. The zero-order valence-electron chi connectivity index (χ0n) is 16.0. The topological polar surface area (TPSA) is 106 Å². The van der Waals surface area contributed by atoms with Crippen molar-refractivity contribution >= 4 is 23.5 Å². The number of anilines is 1. The second-order valence-electron chi connectivity index (χ2n) is 6.67. The summed E-state index contributed by atoms with van der Waals surface area (Å²) < 4.78 is 19.9. The zero-order chi connectivity index (χ0) is 21.1. The van der Waals surface area contributed by atoms with E-state index in [1.807, 2.05) is 0 Å². The molecule has 2 aromatic rings. The Balaban J connectivity index is 1.76. The van der Waals surface area contributed by atoms with Crippen LogP contribution in [-0.4, -0.2) is 54.3 Å². The fourth-order valence-corrected chi connectivity index (χ4v) is 3.00. The van der Waals surface area contributed by atoms with Gasteiger partial charge in [0.1, 0.15) is 11.9 Å². The van der Waals surface area contributed by atoms with Gasteiger partial charge in [-0.15, -0.1) is 0 Å². The van der Waals surface area contributed by atoms with Crippen LogP contribution in [0, 0.1) is 11.2 Å². The zero-order valence-corrected chi connectivity index (χ0v) is 16.0. The number of amidine groups is 1. The van der Waals surface area contributed by atoms with Crippen molar-refractivity contribution in [3.8, 4) is 11.1 Å². The van der Waals surface area contributed by atoms with Crippen LogP contribution in [0.25, 0.3) is 11.1 Å². The lowest BCUT2D eigenvalue weighted by atomic mass is 10.0. The summed E-state index contributed by atoms with van der Waals surface area (Å²) in [4.78, 5) is 24.4. The number of carbonyl (C=O) groups excluding carboxylic acids is 2. The SMILES string of the molecule is CC(=O)NCC1CN(c2ccc(-c3ccc(C(=N)N(C)O)cc3)c(F)c2)C(=O)O1. The van der Waals surface area contributed by atoms with Gasteiger partial charge in [-0.05, 0) is 23.8 Å². The fourth-order valence-electron chi connectivity index (χ4n) is 3.00. The second-order valence-corrected chi connectivity index (χ2v) is 6.67. The van der Waals surface area contributed by atoms with Crippen LogP contribution in [0.15, 0.2) is 42.5 Å². The van der Waals surface area contributed by atoms with Crippen molar-refractivity contribution in [3.63, 3.8) is 0 Å². The number of rotatable bonds is 5. The number of nitrogens with zero attached hydrogens (tertiary/aromatic N) is 2. The molecule has 152 valence electrons. The van der Waals surface area contributed by atoms with Gasteiger partial charge in [-0.3, -0.25) is 20.3 Å². The van der Waals surface area contributed by atoms with E-state index in [1.54, 1.807) is 36.4 Å². The molecular formula is C20H21FN4O4. The summed E-state index contributed by atoms with van der Waals surface area (Å²) in [5.41, 5.74) is 1.79. The maximum absolute atomic E-state index is 14.7. The van der Waals surface area contributed by atoms with Gasteiger partial charge in [-0.25, -0.2) is 14.2 Å². The van der Waals surface area contributed by atoms with Gasteiger partial charge in [-0.2, -0.15) is 0 Å². The molecule has 3 N–H and O–H groups in total. The number of hydrogen-bond donors (Lipinski definition) is 3. The third kappa shape index (κ3) is 4.52. The quantitative estimate of drug-likeness (QED) is 0.406. The number of halogens is 1. The van der Waals surface area contributed by atoms with E-state index in [1.165, 1.54) is 24.9 Å². The smallest absolute Gasteiger partial charge is 0.414 e. The summed E-state index contributed by atoms with van der Waals surface area (Å²) in [5, 5.41) is 20.4. The fraction of sp³-hybridized carbons (Fsp3) is 0.250. The molecule has 1 saturated heterocycles. The van der Waals surface area contributed by atoms with Crippen molar-refractivity contribution in [1.82, 2.24) is 10.4 Å². The maximum Gasteiger partial charge on any atom is 0.414 e. The molecule has 1 unspecified atom stereocenters. The number of benzene rings is 2. The predicted molar refractivity (Wildman–Crippen MR) is 105 cm³/mol. The average Bonchev–Trinajstić information content (AvgIpc) is 3.06. The Bertz CT molecular complexity index is 946. The number of nitrogens with one attached hydrogen (secondary N) is 2. The number of hydroxylamine groups is 2. The highest BCUT2D eigenvalue weighted by molar-refractivity contribution is 5.96. The van der Waals surface area contributed by atoms with Crippen molar-refractivity contribution in [2.24, 2.45) is 0 Å². The van der Waals surface area contributed by atoms with E-state index in [2.05, 4.69) is 5.32 Å². The van der Waals surface area contributed by atoms with Crippen LogP contribution in [-0.2, 0) is 9.53 Å². The Labute approximate surface area is 167 Å². The minimum atomic E-state index is -0.594. The minimum Gasteiger partial charge on any atom is -0.442 e. The van der Waals surface area contributed by atoms with Gasteiger partial charge in [0.2, 0.25) is 5.91 Å². The number of cyclic esters (lactones) is 1. The first-order valence-electron chi connectivity index (χ1n) is 8.90. The molecule has 1 aliphatic rings. The van der Waals surface area contributed by atoms with Crippen molar-refractivity contribution in [2.75, 3.05) is 25.0 Å². The first kappa shape index (κ1) is 20.3. The average molecular weight is 400 g/mol. The largest absolute Gasteiger partial charge is 0.442 e. The molecule has 1 atom stereocenters. The van der Waals surface area contributed by atoms with Crippen molar-refractivity contribution in [1.29, 1.82) is 5.41 Å². The van der Waals surface area contributed by atoms with Gasteiger partial charge in [0.05, 0.1) is 18.8 Å². The second kappa shape index (κ2) is 8.27. The molecule has 1 fully saturated rings. The minimum absolute atomic E-state index is 0.0752. The number of carbonyl (C=O) groups is 2. The lowest BCUT2D eigenvalue weighted by Crippen LogP contribution is -2.33. The Kier molecular flexibility index (Phi) is 5.79. The molecule has 29 heavy (non-hydrogen) atoms. The van der Waals surface area contributed by atoms with E-state index in [0.717, 1.165) is 0 Å². The van der Waals surface area contributed by atoms with Crippen LogP contribution in [0.4, 0.5) is 14.9 Å². The van der Waals surface area contributed by atoms with Gasteiger partial charge in [-0.1, -0.05) is 24.3 Å². The first-order chi connectivity index (χ1) is 13.8. The Morgan fingerprint density at radius 3 is 2.62 bits per heavy atom. The van der Waals surface area contributed by atoms with E-state index in [9.17, 15) is 19.2 Å². The van der Waals surface area contributed by atoms with E-state index < -0.39 is 18.0 Å². The lowest BCUT2D eigenvalue weighted by Gasteiger charge is -2.15. The van der Waals surface area contributed by atoms with Gasteiger partial charge in [0.15, 0.2) is 5.84 Å². The molecule has 8 nitrogen and oxygen atoms in total. The van der Waals surface area contributed by atoms with E-state index in [4.69, 9.17) is 10.1 Å². The Morgan fingerprint density at radius 2 is 2.03 bits per heavy atom. The van der Waals surface area contributed by atoms with Crippen LogP contribution in [0.2, 0.25) is 0 Å². The third-order valence-electron chi connectivity index (χ3n) is 4.51. The summed E-state index contributed by atoms with van der Waals surface area (Å²) in [6, 6.07) is 11.0. The summed E-state index contributed by atoms with van der Waals surface area (Å²) >= 11 is 0. The summed E-state index contributed by atoms with van der Waals surface area (Å²) in [7, 11) is 1.35. The monoisotopic (exact) mass is 400 g/mol. The van der Waals surface area contributed by atoms with Crippen molar-refractivity contribution in [3.05, 3.63) is 53.8 Å². The third-order valence-corrected chi connectivity index (χ3v) is 4.51. The number of amides is 2. The molecule has 0 bridgehead atoms. The molecule has 0 spiro atoms. The highest BCUT2D eigenvalue weighted by Gasteiger charge is 2.32. The molecule has 1 aliphatic heterocycles. The molecule has 0 saturated carbocycles. The van der Waals surface area contributed by atoms with Crippen molar-refractivity contribution in [2.45, 2.75) is 13.0 Å². The normalized spacial score (nSPS) is 15.8. The molecule has 0 aliphatic carbocycles. The molecule has 0 radical (unpaired) electrons. The molecule has 2 aromatic carbocycles. The van der Waals surface area contributed by atoms with Crippen LogP contribution in [0.1, 0.15) is 12.5 Å². The molecule has 2 amide bonds. The van der Waals surface area contributed by atoms with Gasteiger partial charge in [0.25, 0.3) is 0 Å². The van der Waals surface area contributed by atoms with Crippen LogP contribution >= 0.6 is 0 Å². The number of ether oxygens (including phenoxy) is 1. The highest BCUT2D eigenvalue weighted by atomic mass is 19.1. The van der Waals surface area contributed by atoms with Gasteiger partial charge < -0.3 is 10.1 Å². The summed E-state index contributed by atoms with van der Waals surface area (Å²) in [6.45, 7) is 1.78. The van der Waals surface area contributed by atoms with Crippen molar-refractivity contribution < 1.29 is 23.9 Å². The predicted octanol–water partition coefficient (Wildman–Crippen LogP) is 2.60. The molecule has 0 aromatic heterocycles. The van der Waals surface area contributed by atoms with E-state index in [0.29, 0.717) is 27.4 Å². The summed E-state index contributed by atoms with van der Waals surface area (Å²) in [5.74, 6) is -0.807. The summed E-state index contributed by atoms with van der Waals surface area (Å²) in [6.07, 6.45) is -1.09. The number of hydrogen-bond acceptors (Lipinski definition) is 5. The maximum atomic E-state index is 14.7. The molecule has 1 heterocycles. The van der Waals surface area contributed by atoms with E-state index in [-0.39, 0.29) is 24.8 Å². The van der Waals surface area contributed by atoms with Gasteiger partial charge in [0, 0.05) is 25.1 Å². The first-order valence-corrected chi connectivity index (χ1v) is 8.90. The molecule has 9 heteroatoms. The lowest BCUT2D eigenvalue weighted by molar-refractivity contribution is -0.119. The highest BCUT2D eigenvalue weighted by Crippen LogP contribution is 2.29. The molecule has 3 rings (SSSR count). The Morgan fingerprint density at radius 1 is 1.34 bits per heavy atom.